The summed E-state index contributed by atoms with van der Waals surface area (Å²) in [7, 11) is 0. The second-order valence-electron chi connectivity index (χ2n) is 4.42. The second kappa shape index (κ2) is 1.72. The Hall–Kier alpha value is -0.130. The van der Waals surface area contributed by atoms with Gasteiger partial charge in [-0.15, -0.1) is 0 Å². The van der Waals surface area contributed by atoms with Crippen LogP contribution in [0.25, 0.3) is 0 Å². The predicted octanol–water partition coefficient (Wildman–Crippen LogP) is 3.00. The van der Waals surface area contributed by atoms with Gasteiger partial charge in [-0.2, -0.15) is 0 Å². The van der Waals surface area contributed by atoms with Gasteiger partial charge in [-0.25, -0.2) is 0 Å². The van der Waals surface area contributed by atoms with E-state index in [1.54, 1.807) is 11.8 Å². The van der Waals surface area contributed by atoms with Crippen LogP contribution in [0.15, 0.2) is 0 Å². The standard InChI is InChI=1S/C10H16/c1-7-4-5-8-6-9(7)10(8,2)3/h8H,4-6H2,1-3H3/q+1. The summed E-state index contributed by atoms with van der Waals surface area (Å²) in [5, 5.41) is 0. The number of fused-ring (bicyclic) bond motifs is 2. The van der Waals surface area contributed by atoms with Crippen LogP contribution in [-0.4, -0.2) is 0 Å². The molecule has 3 aliphatic rings. The van der Waals surface area contributed by atoms with Gasteiger partial charge in [0.05, 0.1) is 19.3 Å². The third-order valence-electron chi connectivity index (χ3n) is 3.63. The minimum atomic E-state index is 0.586. The third kappa shape index (κ3) is 0.601. The zero-order chi connectivity index (χ0) is 7.35. The Balaban J connectivity index is 2.16. The predicted molar refractivity (Wildman–Crippen MR) is 43.3 cm³/mol. The molecule has 2 bridgehead atoms. The first-order valence-corrected chi connectivity index (χ1v) is 4.31. The van der Waals surface area contributed by atoms with E-state index in [0.717, 1.165) is 5.92 Å². The maximum Gasteiger partial charge on any atom is 0.161 e. The van der Waals surface area contributed by atoms with Crippen LogP contribution < -0.4 is 0 Å². The van der Waals surface area contributed by atoms with Crippen molar-refractivity contribution in [1.29, 1.82) is 0 Å². The van der Waals surface area contributed by atoms with Crippen molar-refractivity contribution in [2.75, 3.05) is 0 Å². The minimum absolute atomic E-state index is 0.586. The van der Waals surface area contributed by atoms with Crippen molar-refractivity contribution < 1.29 is 0 Å². The maximum absolute atomic E-state index is 2.40. The highest BCUT2D eigenvalue weighted by molar-refractivity contribution is 5.33. The molecule has 0 heteroatoms. The third-order valence-corrected chi connectivity index (χ3v) is 3.63. The summed E-state index contributed by atoms with van der Waals surface area (Å²) in [5.74, 6) is 4.47. The summed E-state index contributed by atoms with van der Waals surface area (Å²) in [6, 6.07) is 0. The zero-order valence-corrected chi connectivity index (χ0v) is 7.20. The summed E-state index contributed by atoms with van der Waals surface area (Å²) < 4.78 is 0. The van der Waals surface area contributed by atoms with Gasteiger partial charge in [0.2, 0.25) is 0 Å². The van der Waals surface area contributed by atoms with E-state index in [-0.39, 0.29) is 0 Å². The topological polar surface area (TPSA) is 0 Å². The van der Waals surface area contributed by atoms with Crippen molar-refractivity contribution in [2.45, 2.75) is 40.0 Å². The molecular weight excluding hydrogens is 120 g/mol. The van der Waals surface area contributed by atoms with Crippen molar-refractivity contribution in [3.63, 3.8) is 0 Å². The van der Waals surface area contributed by atoms with E-state index in [0.29, 0.717) is 5.41 Å². The van der Waals surface area contributed by atoms with Crippen molar-refractivity contribution >= 4 is 0 Å². The molecule has 0 saturated heterocycles. The molecule has 1 atom stereocenters. The highest BCUT2D eigenvalue weighted by Gasteiger charge is 2.60. The summed E-state index contributed by atoms with van der Waals surface area (Å²) in [6.45, 7) is 7.12. The SMILES string of the molecule is C[C+]1CCC2C[C]1C2(C)C. The quantitative estimate of drug-likeness (QED) is 0.449. The number of rotatable bonds is 0. The van der Waals surface area contributed by atoms with E-state index in [9.17, 15) is 0 Å². The van der Waals surface area contributed by atoms with Crippen molar-refractivity contribution in [2.24, 2.45) is 11.3 Å². The van der Waals surface area contributed by atoms with E-state index < -0.39 is 0 Å². The molecule has 10 heavy (non-hydrogen) atoms. The Kier molecular flexibility index (Phi) is 1.13. The summed E-state index contributed by atoms with van der Waals surface area (Å²) in [6.07, 6.45) is 4.24. The van der Waals surface area contributed by atoms with Gasteiger partial charge in [-0.1, -0.05) is 13.8 Å². The van der Waals surface area contributed by atoms with Crippen LogP contribution in [0, 0.1) is 23.2 Å². The molecule has 1 unspecified atom stereocenters. The van der Waals surface area contributed by atoms with Gasteiger partial charge in [0.1, 0.15) is 0 Å². The molecule has 3 aliphatic carbocycles. The van der Waals surface area contributed by atoms with Crippen LogP contribution >= 0.6 is 0 Å². The monoisotopic (exact) mass is 136 g/mol. The average Bonchev–Trinajstić information content (AvgIpc) is 1.87. The van der Waals surface area contributed by atoms with E-state index >= 15 is 0 Å². The highest BCUT2D eigenvalue weighted by Crippen LogP contribution is 2.63. The molecular formula is C10H16+. The van der Waals surface area contributed by atoms with Gasteiger partial charge in [0.15, 0.2) is 5.92 Å². The van der Waals surface area contributed by atoms with E-state index in [1.807, 2.05) is 0 Å². The van der Waals surface area contributed by atoms with Gasteiger partial charge in [-0.05, 0) is 12.3 Å². The number of hydrogen-bond acceptors (Lipinski definition) is 0. The van der Waals surface area contributed by atoms with Crippen LogP contribution in [0.2, 0.25) is 0 Å². The van der Waals surface area contributed by atoms with E-state index in [1.165, 1.54) is 19.3 Å². The zero-order valence-electron chi connectivity index (χ0n) is 7.20. The second-order valence-corrected chi connectivity index (χ2v) is 4.42. The normalized spacial score (nSPS) is 37.5. The molecule has 0 heterocycles. The first-order chi connectivity index (χ1) is 4.62. The Morgan fingerprint density at radius 1 is 1.50 bits per heavy atom. The van der Waals surface area contributed by atoms with Gasteiger partial charge >= 0.3 is 0 Å². The molecule has 0 aromatic rings. The van der Waals surface area contributed by atoms with Gasteiger partial charge in [0.25, 0.3) is 0 Å². The largest absolute Gasteiger partial charge is 0.161 e. The van der Waals surface area contributed by atoms with Crippen LogP contribution in [-0.2, 0) is 0 Å². The summed E-state index contributed by atoms with van der Waals surface area (Å²) in [4.78, 5) is 0. The van der Waals surface area contributed by atoms with Crippen LogP contribution in [0.5, 0.6) is 0 Å². The summed E-state index contributed by atoms with van der Waals surface area (Å²) in [5.41, 5.74) is 0.586. The Labute approximate surface area is 64.0 Å². The molecule has 3 saturated carbocycles. The Morgan fingerprint density at radius 3 is 2.50 bits per heavy atom. The van der Waals surface area contributed by atoms with Crippen LogP contribution in [0.3, 0.4) is 0 Å². The Bertz CT molecular complexity index is 144. The smallest absolute Gasteiger partial charge is 0.0548 e. The first-order valence-electron chi connectivity index (χ1n) is 4.31. The first kappa shape index (κ1) is 6.57. The molecule has 3 fully saturated rings. The fraction of sp³-hybridized carbons (Fsp3) is 0.800. The molecule has 0 aromatic heterocycles. The van der Waals surface area contributed by atoms with Crippen molar-refractivity contribution in [3.05, 3.63) is 11.8 Å². The lowest BCUT2D eigenvalue weighted by Crippen LogP contribution is -2.49. The maximum atomic E-state index is 2.40. The molecule has 0 N–H and O–H groups in total. The summed E-state index contributed by atoms with van der Waals surface area (Å²) >= 11 is 0. The molecule has 0 aliphatic heterocycles. The highest BCUT2D eigenvalue weighted by atomic mass is 14.6. The van der Waals surface area contributed by atoms with Crippen LogP contribution in [0.4, 0.5) is 0 Å². The van der Waals surface area contributed by atoms with Crippen molar-refractivity contribution in [3.8, 4) is 0 Å². The molecule has 0 nitrogen and oxygen atoms in total. The minimum Gasteiger partial charge on any atom is -0.0548 e. The van der Waals surface area contributed by atoms with Crippen LogP contribution in [0.1, 0.15) is 40.0 Å². The Morgan fingerprint density at radius 2 is 2.20 bits per heavy atom. The average molecular weight is 136 g/mol. The lowest BCUT2D eigenvalue weighted by molar-refractivity contribution is 0.0715. The molecule has 0 aromatic carbocycles. The number of hydrogen-bond donors (Lipinski definition) is 0. The van der Waals surface area contributed by atoms with Crippen molar-refractivity contribution in [1.82, 2.24) is 0 Å². The van der Waals surface area contributed by atoms with Gasteiger partial charge < -0.3 is 0 Å². The molecule has 55 valence electrons. The fourth-order valence-electron chi connectivity index (χ4n) is 2.61. The van der Waals surface area contributed by atoms with Gasteiger partial charge in [-0.3, -0.25) is 0 Å². The molecule has 0 spiro atoms. The fourth-order valence-corrected chi connectivity index (χ4v) is 2.61. The van der Waals surface area contributed by atoms with E-state index in [4.69, 9.17) is 0 Å². The van der Waals surface area contributed by atoms with E-state index in [2.05, 4.69) is 20.8 Å². The molecule has 1 radical (unpaired) electrons. The van der Waals surface area contributed by atoms with Gasteiger partial charge in [0, 0.05) is 11.8 Å². The lowest BCUT2D eigenvalue weighted by atomic mass is 9.46. The molecule has 0 amide bonds. The molecule has 3 rings (SSSR count). The lowest BCUT2D eigenvalue weighted by Gasteiger charge is -2.51.